The molecule has 0 saturated heterocycles. The van der Waals surface area contributed by atoms with Crippen LogP contribution in [0.15, 0.2) is 0 Å². The molecule has 0 aliphatic rings. The third-order valence-corrected chi connectivity index (χ3v) is 4.33. The van der Waals surface area contributed by atoms with Crippen molar-refractivity contribution in [3.05, 3.63) is 0 Å². The van der Waals surface area contributed by atoms with Crippen molar-refractivity contribution < 1.29 is 34.8 Å². The lowest BCUT2D eigenvalue weighted by atomic mass is 10.3. The van der Waals surface area contributed by atoms with Crippen molar-refractivity contribution >= 4 is 32.2 Å². The molecule has 0 radical (unpaired) electrons. The van der Waals surface area contributed by atoms with Crippen molar-refractivity contribution in [2.24, 2.45) is 0 Å². The van der Waals surface area contributed by atoms with Gasteiger partial charge in [0.1, 0.15) is 0 Å². The molecule has 0 aromatic heterocycles. The number of carbonyl (C=O) groups excluding carboxylic acids is 2. The summed E-state index contributed by atoms with van der Waals surface area (Å²) < 4.78 is 52.6. The summed E-state index contributed by atoms with van der Waals surface area (Å²) in [4.78, 5) is 20.9. The summed E-state index contributed by atoms with van der Waals surface area (Å²) in [6.07, 6.45) is 0.567. The van der Waals surface area contributed by atoms with Crippen molar-refractivity contribution in [3.63, 3.8) is 0 Å². The fourth-order valence-electron chi connectivity index (χ4n) is 1.18. The van der Waals surface area contributed by atoms with E-state index >= 15 is 0 Å². The lowest BCUT2D eigenvalue weighted by Crippen LogP contribution is -2.15. The molecule has 0 aliphatic carbocycles. The van der Waals surface area contributed by atoms with E-state index in [-0.39, 0.29) is 30.8 Å². The second-order valence-electron chi connectivity index (χ2n) is 3.73. The Morgan fingerprint density at radius 3 is 1.32 bits per heavy atom. The second kappa shape index (κ2) is 7.43. The summed E-state index contributed by atoms with van der Waals surface area (Å²) in [7, 11) is -7.80. The fraction of sp³-hybridized carbons (Fsp3) is 0.778. The van der Waals surface area contributed by atoms with E-state index in [0.717, 1.165) is 13.8 Å². The van der Waals surface area contributed by atoms with Crippen LogP contribution in [-0.2, 0) is 38.2 Å². The second-order valence-corrected chi connectivity index (χ2v) is 7.11. The maximum absolute atomic E-state index is 11.1. The van der Waals surface area contributed by atoms with Crippen molar-refractivity contribution in [2.75, 3.05) is 11.5 Å². The maximum Gasteiger partial charge on any atom is 0.319 e. The number of hydrogen-bond acceptors (Lipinski definition) is 8. The van der Waals surface area contributed by atoms with E-state index in [1.54, 1.807) is 0 Å². The van der Waals surface area contributed by atoms with Crippen LogP contribution in [0.4, 0.5) is 0 Å². The Hall–Kier alpha value is -1.16. The Morgan fingerprint density at radius 1 is 0.737 bits per heavy atom. The van der Waals surface area contributed by atoms with Gasteiger partial charge in [-0.15, -0.1) is 0 Å². The first kappa shape index (κ1) is 17.8. The standard InChI is InChI=1S/C9H16O8S2/c1-8(10)16-18(12,13)6-4-3-5-7-19(14,15)17-9(2)11/h3-7H2,1-2H3. The molecule has 0 spiro atoms. The third kappa shape index (κ3) is 10.4. The molecular formula is C9H16O8S2. The highest BCUT2D eigenvalue weighted by Gasteiger charge is 2.16. The average Bonchev–Trinajstić information content (AvgIpc) is 2.11. The van der Waals surface area contributed by atoms with Gasteiger partial charge in [-0.05, 0) is 12.8 Å². The van der Waals surface area contributed by atoms with Crippen molar-refractivity contribution in [1.29, 1.82) is 0 Å². The van der Waals surface area contributed by atoms with Gasteiger partial charge in [0, 0.05) is 13.8 Å². The molecule has 0 atom stereocenters. The van der Waals surface area contributed by atoms with Gasteiger partial charge in [0.05, 0.1) is 11.5 Å². The van der Waals surface area contributed by atoms with Gasteiger partial charge in [0.2, 0.25) is 0 Å². The zero-order valence-electron chi connectivity index (χ0n) is 10.6. The Bertz CT molecular complexity index is 468. The van der Waals surface area contributed by atoms with Gasteiger partial charge in [-0.25, -0.2) is 0 Å². The summed E-state index contributed by atoms with van der Waals surface area (Å²) in [5.74, 6) is -2.59. The highest BCUT2D eigenvalue weighted by atomic mass is 32.2. The van der Waals surface area contributed by atoms with Gasteiger partial charge in [-0.1, -0.05) is 6.42 Å². The molecule has 10 heteroatoms. The Kier molecular flexibility index (Phi) is 6.98. The Morgan fingerprint density at radius 2 is 1.05 bits per heavy atom. The lowest BCUT2D eigenvalue weighted by Gasteiger charge is -2.04. The first-order valence-electron chi connectivity index (χ1n) is 5.39. The third-order valence-electron chi connectivity index (χ3n) is 1.78. The van der Waals surface area contributed by atoms with E-state index in [1.807, 2.05) is 0 Å². The van der Waals surface area contributed by atoms with Crippen LogP contribution in [0.1, 0.15) is 33.1 Å². The molecule has 0 rings (SSSR count). The predicted octanol–water partition coefficient (Wildman–Crippen LogP) is -0.0575. The molecule has 0 aliphatic heterocycles. The molecule has 0 fully saturated rings. The molecule has 0 saturated carbocycles. The summed E-state index contributed by atoms with van der Waals surface area (Å²) in [5, 5.41) is 0. The molecule has 0 heterocycles. The van der Waals surface area contributed by atoms with E-state index in [9.17, 15) is 26.4 Å². The van der Waals surface area contributed by atoms with Gasteiger partial charge >= 0.3 is 32.2 Å². The minimum absolute atomic E-state index is 0.144. The van der Waals surface area contributed by atoms with Gasteiger partial charge in [0.15, 0.2) is 0 Å². The van der Waals surface area contributed by atoms with Crippen LogP contribution in [0.3, 0.4) is 0 Å². The Balaban J connectivity index is 3.95. The van der Waals surface area contributed by atoms with Crippen LogP contribution in [-0.4, -0.2) is 40.3 Å². The summed E-state index contributed by atoms with van der Waals surface area (Å²) in [5.41, 5.74) is 0. The van der Waals surface area contributed by atoms with Crippen LogP contribution in [0.5, 0.6) is 0 Å². The largest absolute Gasteiger partial charge is 0.346 e. The zero-order valence-corrected chi connectivity index (χ0v) is 12.3. The minimum Gasteiger partial charge on any atom is -0.346 e. The normalized spacial score (nSPS) is 11.9. The van der Waals surface area contributed by atoms with Crippen LogP contribution < -0.4 is 0 Å². The molecule has 112 valence electrons. The van der Waals surface area contributed by atoms with Crippen molar-refractivity contribution in [3.8, 4) is 0 Å². The van der Waals surface area contributed by atoms with Gasteiger partial charge < -0.3 is 8.37 Å². The van der Waals surface area contributed by atoms with E-state index in [1.165, 1.54) is 0 Å². The maximum atomic E-state index is 11.1. The van der Waals surface area contributed by atoms with E-state index < -0.39 is 32.2 Å². The van der Waals surface area contributed by atoms with E-state index in [2.05, 4.69) is 8.37 Å². The van der Waals surface area contributed by atoms with E-state index in [4.69, 9.17) is 0 Å². The molecule has 0 aromatic carbocycles. The molecule has 0 N–H and O–H groups in total. The lowest BCUT2D eigenvalue weighted by molar-refractivity contribution is -0.132. The fourth-order valence-corrected chi connectivity index (χ4v) is 3.17. The Labute approximate surface area is 112 Å². The van der Waals surface area contributed by atoms with Gasteiger partial charge in [0.25, 0.3) is 0 Å². The van der Waals surface area contributed by atoms with Crippen LogP contribution in [0.25, 0.3) is 0 Å². The number of hydrogen-bond donors (Lipinski definition) is 0. The van der Waals surface area contributed by atoms with Crippen molar-refractivity contribution in [2.45, 2.75) is 33.1 Å². The number of unbranched alkanes of at least 4 members (excludes halogenated alkanes) is 2. The van der Waals surface area contributed by atoms with Crippen LogP contribution >= 0.6 is 0 Å². The monoisotopic (exact) mass is 316 g/mol. The molecule has 19 heavy (non-hydrogen) atoms. The van der Waals surface area contributed by atoms with Crippen LogP contribution in [0.2, 0.25) is 0 Å². The topological polar surface area (TPSA) is 121 Å². The number of rotatable bonds is 8. The summed E-state index contributed by atoms with van der Waals surface area (Å²) in [6.45, 7) is 1.95. The van der Waals surface area contributed by atoms with Crippen LogP contribution in [0, 0.1) is 0 Å². The summed E-state index contributed by atoms with van der Waals surface area (Å²) >= 11 is 0. The van der Waals surface area contributed by atoms with Gasteiger partial charge in [-0.2, -0.15) is 16.8 Å². The molecule has 0 unspecified atom stereocenters. The average molecular weight is 316 g/mol. The minimum atomic E-state index is -3.90. The predicted molar refractivity (Wildman–Crippen MR) is 65.0 cm³/mol. The molecular weight excluding hydrogens is 300 g/mol. The SMILES string of the molecule is CC(=O)OS(=O)(=O)CCCCCS(=O)(=O)OC(C)=O. The highest BCUT2D eigenvalue weighted by Crippen LogP contribution is 2.05. The first-order chi connectivity index (χ1) is 8.54. The smallest absolute Gasteiger partial charge is 0.319 e. The van der Waals surface area contributed by atoms with Crippen molar-refractivity contribution in [1.82, 2.24) is 0 Å². The molecule has 0 aromatic rings. The first-order valence-corrected chi connectivity index (χ1v) is 8.55. The molecule has 0 amide bonds. The highest BCUT2D eigenvalue weighted by molar-refractivity contribution is 7.87. The summed E-state index contributed by atoms with van der Waals surface area (Å²) in [6, 6.07) is 0. The number of carbonyl (C=O) groups is 2. The van der Waals surface area contributed by atoms with E-state index in [0.29, 0.717) is 0 Å². The van der Waals surface area contributed by atoms with Gasteiger partial charge in [-0.3, -0.25) is 9.59 Å². The zero-order chi connectivity index (χ0) is 15.1. The quantitative estimate of drug-likeness (QED) is 0.451. The molecule has 8 nitrogen and oxygen atoms in total. The molecule has 0 bridgehead atoms.